The van der Waals surface area contributed by atoms with Crippen molar-refractivity contribution < 1.29 is 13.2 Å². The molecule has 86 valence electrons. The monoisotopic (exact) mass is 240 g/mol. The van der Waals surface area contributed by atoms with Crippen LogP contribution in [0.3, 0.4) is 0 Å². The van der Waals surface area contributed by atoms with Crippen molar-refractivity contribution in [3.63, 3.8) is 0 Å². The Balaban J connectivity index is 3.05. The van der Waals surface area contributed by atoms with Crippen molar-refractivity contribution in [3.05, 3.63) is 36.9 Å². The highest BCUT2D eigenvalue weighted by atomic mass is 32.2. The Hall–Kier alpha value is -1.66. The first kappa shape index (κ1) is 12.4. The number of hydrogen-bond donors (Lipinski definition) is 2. The largest absolute Gasteiger partial charge is 0.322 e. The molecule has 0 saturated carbocycles. The van der Waals surface area contributed by atoms with E-state index in [2.05, 4.69) is 16.6 Å². The lowest BCUT2D eigenvalue weighted by Crippen LogP contribution is -2.18. The summed E-state index contributed by atoms with van der Waals surface area (Å²) in [6.45, 7) is 3.30. The van der Waals surface area contributed by atoms with Crippen molar-refractivity contribution in [1.82, 2.24) is 4.72 Å². The Labute approximate surface area is 94.2 Å². The highest BCUT2D eigenvalue weighted by molar-refractivity contribution is 7.89. The summed E-state index contributed by atoms with van der Waals surface area (Å²) < 4.78 is 25.1. The van der Waals surface area contributed by atoms with Crippen LogP contribution in [0.4, 0.5) is 5.69 Å². The maximum Gasteiger partial charge on any atom is 0.247 e. The Kier molecular flexibility index (Phi) is 3.81. The summed E-state index contributed by atoms with van der Waals surface area (Å²) in [5, 5.41) is 2.48. The van der Waals surface area contributed by atoms with Gasteiger partial charge in [-0.2, -0.15) is 0 Å². The number of anilines is 1. The van der Waals surface area contributed by atoms with Crippen LogP contribution >= 0.6 is 0 Å². The second-order valence-corrected chi connectivity index (χ2v) is 4.82. The molecule has 0 saturated heterocycles. The SMILES string of the molecule is C=CC(=O)Nc1cccc(S(=O)(=O)NC)c1. The summed E-state index contributed by atoms with van der Waals surface area (Å²) >= 11 is 0. The Morgan fingerprint density at radius 1 is 1.44 bits per heavy atom. The number of amides is 1. The first-order chi connectivity index (χ1) is 7.49. The second kappa shape index (κ2) is 4.91. The molecule has 0 spiro atoms. The van der Waals surface area contributed by atoms with Gasteiger partial charge in [-0.1, -0.05) is 12.6 Å². The third kappa shape index (κ3) is 2.91. The van der Waals surface area contributed by atoms with Crippen molar-refractivity contribution >= 4 is 21.6 Å². The molecule has 1 aromatic carbocycles. The maximum atomic E-state index is 11.5. The van der Waals surface area contributed by atoms with Gasteiger partial charge in [-0.25, -0.2) is 13.1 Å². The number of sulfonamides is 1. The zero-order valence-electron chi connectivity index (χ0n) is 8.73. The number of rotatable bonds is 4. The van der Waals surface area contributed by atoms with E-state index in [1.54, 1.807) is 12.1 Å². The average molecular weight is 240 g/mol. The first-order valence-electron chi connectivity index (χ1n) is 4.46. The van der Waals surface area contributed by atoms with Crippen LogP contribution in [-0.4, -0.2) is 21.4 Å². The van der Waals surface area contributed by atoms with Crippen LogP contribution in [0.5, 0.6) is 0 Å². The van der Waals surface area contributed by atoms with Crippen molar-refractivity contribution in [2.75, 3.05) is 12.4 Å². The number of carbonyl (C=O) groups excluding carboxylic acids is 1. The van der Waals surface area contributed by atoms with Crippen LogP contribution in [0.2, 0.25) is 0 Å². The molecule has 1 aromatic rings. The minimum absolute atomic E-state index is 0.0943. The van der Waals surface area contributed by atoms with Crippen LogP contribution in [0.15, 0.2) is 41.8 Å². The smallest absolute Gasteiger partial charge is 0.247 e. The van der Waals surface area contributed by atoms with Crippen LogP contribution in [0, 0.1) is 0 Å². The van der Waals surface area contributed by atoms with Gasteiger partial charge < -0.3 is 5.32 Å². The zero-order chi connectivity index (χ0) is 12.2. The summed E-state index contributed by atoms with van der Waals surface area (Å²) in [7, 11) is -2.17. The molecule has 0 heterocycles. The average Bonchev–Trinajstić information content (AvgIpc) is 2.29. The minimum Gasteiger partial charge on any atom is -0.322 e. The molecule has 0 aliphatic heterocycles. The third-order valence-corrected chi connectivity index (χ3v) is 3.28. The zero-order valence-corrected chi connectivity index (χ0v) is 9.54. The van der Waals surface area contributed by atoms with Gasteiger partial charge in [0.25, 0.3) is 0 Å². The van der Waals surface area contributed by atoms with Gasteiger partial charge in [-0.05, 0) is 31.3 Å². The second-order valence-electron chi connectivity index (χ2n) is 2.93. The van der Waals surface area contributed by atoms with Gasteiger partial charge in [0.2, 0.25) is 15.9 Å². The van der Waals surface area contributed by atoms with Gasteiger partial charge in [-0.15, -0.1) is 0 Å². The topological polar surface area (TPSA) is 75.3 Å². The molecule has 1 rings (SSSR count). The van der Waals surface area contributed by atoms with Crippen LogP contribution in [-0.2, 0) is 14.8 Å². The van der Waals surface area contributed by atoms with Crippen molar-refractivity contribution in [1.29, 1.82) is 0 Å². The molecule has 0 atom stereocenters. The van der Waals surface area contributed by atoms with Gasteiger partial charge in [-0.3, -0.25) is 4.79 Å². The van der Waals surface area contributed by atoms with E-state index in [0.29, 0.717) is 5.69 Å². The van der Waals surface area contributed by atoms with Crippen LogP contribution in [0.25, 0.3) is 0 Å². The third-order valence-electron chi connectivity index (χ3n) is 1.87. The summed E-state index contributed by atoms with van der Waals surface area (Å²) in [5.74, 6) is -0.390. The molecule has 16 heavy (non-hydrogen) atoms. The van der Waals surface area contributed by atoms with E-state index in [-0.39, 0.29) is 10.8 Å². The van der Waals surface area contributed by atoms with Crippen LogP contribution < -0.4 is 10.0 Å². The first-order valence-corrected chi connectivity index (χ1v) is 5.95. The molecule has 0 radical (unpaired) electrons. The van der Waals surface area contributed by atoms with Gasteiger partial charge in [0.15, 0.2) is 0 Å². The number of nitrogens with one attached hydrogen (secondary N) is 2. The molecule has 1 amide bonds. The predicted octanol–water partition coefficient (Wildman–Crippen LogP) is 0.719. The fraction of sp³-hybridized carbons (Fsp3) is 0.100. The summed E-state index contributed by atoms with van der Waals surface area (Å²) in [5.41, 5.74) is 0.404. The molecule has 6 heteroatoms. The fourth-order valence-corrected chi connectivity index (χ4v) is 1.83. The van der Waals surface area contributed by atoms with Crippen molar-refractivity contribution in [2.45, 2.75) is 4.90 Å². The molecule has 2 N–H and O–H groups in total. The highest BCUT2D eigenvalue weighted by Crippen LogP contribution is 2.14. The van der Waals surface area contributed by atoms with Gasteiger partial charge in [0.05, 0.1) is 4.90 Å². The normalized spacial score (nSPS) is 10.8. The lowest BCUT2D eigenvalue weighted by molar-refractivity contribution is -0.111. The number of benzene rings is 1. The standard InChI is InChI=1S/C10H12N2O3S/c1-3-10(13)12-8-5-4-6-9(7-8)16(14,15)11-2/h3-7,11H,1H2,2H3,(H,12,13). The molecule has 5 nitrogen and oxygen atoms in total. The Morgan fingerprint density at radius 2 is 2.12 bits per heavy atom. The molecule has 0 aromatic heterocycles. The summed E-state index contributed by atoms with van der Waals surface area (Å²) in [4.78, 5) is 11.1. The Bertz CT molecular complexity index is 509. The van der Waals surface area contributed by atoms with Gasteiger partial charge in [0, 0.05) is 5.69 Å². The summed E-state index contributed by atoms with van der Waals surface area (Å²) in [6.07, 6.45) is 1.11. The molecule has 0 fully saturated rings. The molecular weight excluding hydrogens is 228 g/mol. The molecule has 0 unspecified atom stereocenters. The highest BCUT2D eigenvalue weighted by Gasteiger charge is 2.11. The fourth-order valence-electron chi connectivity index (χ4n) is 1.05. The van der Waals surface area contributed by atoms with E-state index in [4.69, 9.17) is 0 Å². The quantitative estimate of drug-likeness (QED) is 0.761. The Morgan fingerprint density at radius 3 is 2.69 bits per heavy atom. The lowest BCUT2D eigenvalue weighted by atomic mass is 10.3. The summed E-state index contributed by atoms with van der Waals surface area (Å²) in [6, 6.07) is 5.95. The van der Waals surface area contributed by atoms with E-state index < -0.39 is 10.0 Å². The maximum absolute atomic E-state index is 11.5. The van der Waals surface area contributed by atoms with E-state index in [0.717, 1.165) is 6.08 Å². The van der Waals surface area contributed by atoms with Gasteiger partial charge >= 0.3 is 0 Å². The minimum atomic E-state index is -3.49. The van der Waals surface area contributed by atoms with Crippen LogP contribution in [0.1, 0.15) is 0 Å². The van der Waals surface area contributed by atoms with E-state index in [9.17, 15) is 13.2 Å². The number of carbonyl (C=O) groups is 1. The molecule has 0 aliphatic rings. The number of hydrogen-bond acceptors (Lipinski definition) is 3. The molecular formula is C10H12N2O3S. The molecule has 0 bridgehead atoms. The van der Waals surface area contributed by atoms with Crippen molar-refractivity contribution in [2.24, 2.45) is 0 Å². The predicted molar refractivity (Wildman–Crippen MR) is 61.5 cm³/mol. The van der Waals surface area contributed by atoms with Crippen molar-refractivity contribution in [3.8, 4) is 0 Å². The van der Waals surface area contributed by atoms with Gasteiger partial charge in [0.1, 0.15) is 0 Å². The lowest BCUT2D eigenvalue weighted by Gasteiger charge is -2.05. The van der Waals surface area contributed by atoms with E-state index >= 15 is 0 Å². The van der Waals surface area contributed by atoms with E-state index in [1.807, 2.05) is 0 Å². The van der Waals surface area contributed by atoms with E-state index in [1.165, 1.54) is 19.2 Å². The molecule has 0 aliphatic carbocycles.